The highest BCUT2D eigenvalue weighted by molar-refractivity contribution is 14.1. The van der Waals surface area contributed by atoms with Gasteiger partial charge in [0.2, 0.25) is 5.82 Å². The molecule has 0 aliphatic carbocycles. The first-order valence-corrected chi connectivity index (χ1v) is 3.64. The Labute approximate surface area is 74.0 Å². The van der Waals surface area contributed by atoms with Crippen molar-refractivity contribution < 1.29 is 13.2 Å². The summed E-state index contributed by atoms with van der Waals surface area (Å²) >= 11 is 1.69. The molecule has 0 saturated carbocycles. The van der Waals surface area contributed by atoms with Crippen LogP contribution in [0, 0.1) is 3.70 Å². The molecular weight excluding hydrogens is 272 g/mol. The van der Waals surface area contributed by atoms with Gasteiger partial charge in [0.25, 0.3) is 0 Å². The van der Waals surface area contributed by atoms with Crippen LogP contribution < -0.4 is 0 Å². The van der Waals surface area contributed by atoms with E-state index in [0.29, 0.717) is 0 Å². The van der Waals surface area contributed by atoms with Gasteiger partial charge in [0, 0.05) is 6.20 Å². The van der Waals surface area contributed by atoms with Crippen LogP contribution in [0.1, 0.15) is 5.82 Å². The van der Waals surface area contributed by atoms with Crippen LogP contribution >= 0.6 is 22.6 Å². The molecule has 0 aromatic carbocycles. The summed E-state index contributed by atoms with van der Waals surface area (Å²) in [5.41, 5.74) is 0. The Balaban J connectivity index is 3.06. The summed E-state index contributed by atoms with van der Waals surface area (Å²) in [4.78, 5) is 6.26. The summed E-state index contributed by atoms with van der Waals surface area (Å²) in [6, 6.07) is 1.40. The van der Waals surface area contributed by atoms with E-state index in [-0.39, 0.29) is 3.70 Å². The second kappa shape index (κ2) is 2.92. The van der Waals surface area contributed by atoms with Crippen molar-refractivity contribution in [2.24, 2.45) is 0 Å². The standard InChI is InChI=1S/C5H2F3IN2/c6-5(7,8)4-10-2-1-3(9)11-4/h1-2H. The Kier molecular flexibility index (Phi) is 2.31. The number of aromatic nitrogens is 2. The van der Waals surface area contributed by atoms with E-state index in [0.717, 1.165) is 6.20 Å². The van der Waals surface area contributed by atoms with Crippen molar-refractivity contribution in [1.82, 2.24) is 9.97 Å². The van der Waals surface area contributed by atoms with Crippen molar-refractivity contribution in [2.45, 2.75) is 6.18 Å². The lowest BCUT2D eigenvalue weighted by atomic mass is 10.5. The molecule has 0 aliphatic heterocycles. The summed E-state index contributed by atoms with van der Waals surface area (Å²) in [7, 11) is 0. The van der Waals surface area contributed by atoms with Crippen LogP contribution in [0.4, 0.5) is 13.2 Å². The normalized spacial score (nSPS) is 11.6. The molecule has 2 nitrogen and oxygen atoms in total. The molecule has 0 amide bonds. The molecule has 6 heteroatoms. The minimum atomic E-state index is -4.44. The van der Waals surface area contributed by atoms with E-state index in [2.05, 4.69) is 9.97 Å². The zero-order valence-corrected chi connectivity index (χ0v) is 7.22. The minimum absolute atomic E-state index is 0.282. The summed E-state index contributed by atoms with van der Waals surface area (Å²) in [5.74, 6) is -1.09. The van der Waals surface area contributed by atoms with Gasteiger partial charge in [0.1, 0.15) is 3.70 Å². The highest BCUT2D eigenvalue weighted by Crippen LogP contribution is 2.25. The number of halogens is 4. The van der Waals surface area contributed by atoms with Crippen LogP contribution in [0.25, 0.3) is 0 Å². The highest BCUT2D eigenvalue weighted by atomic mass is 127. The number of hydrogen-bond acceptors (Lipinski definition) is 2. The molecule has 0 aliphatic rings. The maximum Gasteiger partial charge on any atom is 0.451 e. The van der Waals surface area contributed by atoms with Gasteiger partial charge in [0.05, 0.1) is 0 Å². The molecule has 0 N–H and O–H groups in total. The van der Waals surface area contributed by atoms with Gasteiger partial charge in [0.15, 0.2) is 0 Å². The lowest BCUT2D eigenvalue weighted by Gasteiger charge is -2.02. The van der Waals surface area contributed by atoms with Crippen LogP contribution in [-0.4, -0.2) is 9.97 Å². The topological polar surface area (TPSA) is 25.8 Å². The molecule has 0 bridgehead atoms. The van der Waals surface area contributed by atoms with E-state index < -0.39 is 12.0 Å². The average molecular weight is 274 g/mol. The van der Waals surface area contributed by atoms with Gasteiger partial charge in [-0.05, 0) is 28.7 Å². The molecule has 60 valence electrons. The summed E-state index contributed by atoms with van der Waals surface area (Å²) in [5, 5.41) is 0. The zero-order chi connectivity index (χ0) is 8.48. The predicted octanol–water partition coefficient (Wildman–Crippen LogP) is 2.10. The van der Waals surface area contributed by atoms with Crippen LogP contribution in [-0.2, 0) is 6.18 Å². The van der Waals surface area contributed by atoms with Gasteiger partial charge in [-0.15, -0.1) is 0 Å². The first-order chi connectivity index (χ1) is 5.00. The van der Waals surface area contributed by atoms with Gasteiger partial charge in [-0.25, -0.2) is 9.97 Å². The fourth-order valence-electron chi connectivity index (χ4n) is 0.473. The highest BCUT2D eigenvalue weighted by Gasteiger charge is 2.34. The lowest BCUT2D eigenvalue weighted by Crippen LogP contribution is -2.10. The molecule has 11 heavy (non-hydrogen) atoms. The van der Waals surface area contributed by atoms with Crippen LogP contribution in [0.15, 0.2) is 12.3 Å². The first-order valence-electron chi connectivity index (χ1n) is 2.56. The molecule has 1 aromatic rings. The van der Waals surface area contributed by atoms with Crippen molar-refractivity contribution in [2.75, 3.05) is 0 Å². The smallest absolute Gasteiger partial charge is 0.233 e. The van der Waals surface area contributed by atoms with Gasteiger partial charge in [-0.3, -0.25) is 0 Å². The van der Waals surface area contributed by atoms with E-state index in [4.69, 9.17) is 0 Å². The Bertz CT molecular complexity index is 260. The summed E-state index contributed by atoms with van der Waals surface area (Å²) < 4.78 is 35.8. The maximum atomic E-state index is 11.8. The number of hydrogen-bond donors (Lipinski definition) is 0. The number of alkyl halides is 3. The van der Waals surface area contributed by atoms with Crippen molar-refractivity contribution in [3.05, 3.63) is 21.8 Å². The maximum absolute atomic E-state index is 11.8. The second-order valence-electron chi connectivity index (χ2n) is 1.70. The quantitative estimate of drug-likeness (QED) is 0.535. The fourth-order valence-corrected chi connectivity index (χ4v) is 0.863. The molecule has 0 spiro atoms. The Morgan fingerprint density at radius 3 is 2.36 bits per heavy atom. The Hall–Kier alpha value is -0.400. The average Bonchev–Trinajstić information content (AvgIpc) is 1.86. The molecule has 0 atom stereocenters. The molecule has 0 fully saturated rings. The van der Waals surface area contributed by atoms with Crippen LogP contribution in [0.5, 0.6) is 0 Å². The van der Waals surface area contributed by atoms with E-state index in [1.165, 1.54) is 6.07 Å². The fraction of sp³-hybridized carbons (Fsp3) is 0.200. The molecule has 1 aromatic heterocycles. The molecule has 1 rings (SSSR count). The van der Waals surface area contributed by atoms with Gasteiger partial charge < -0.3 is 0 Å². The van der Waals surface area contributed by atoms with Crippen molar-refractivity contribution in [3.8, 4) is 0 Å². The molecule has 0 radical (unpaired) electrons. The second-order valence-corrected chi connectivity index (χ2v) is 2.81. The monoisotopic (exact) mass is 274 g/mol. The van der Waals surface area contributed by atoms with Gasteiger partial charge in [-0.2, -0.15) is 13.2 Å². The largest absolute Gasteiger partial charge is 0.451 e. The molecule has 0 unspecified atom stereocenters. The van der Waals surface area contributed by atoms with Crippen LogP contribution in [0.2, 0.25) is 0 Å². The van der Waals surface area contributed by atoms with Crippen molar-refractivity contribution >= 4 is 22.6 Å². The molecular formula is C5H2F3IN2. The zero-order valence-electron chi connectivity index (χ0n) is 5.06. The number of nitrogens with zero attached hydrogens (tertiary/aromatic N) is 2. The Morgan fingerprint density at radius 2 is 2.00 bits per heavy atom. The first kappa shape index (κ1) is 8.69. The minimum Gasteiger partial charge on any atom is -0.233 e. The Morgan fingerprint density at radius 1 is 1.36 bits per heavy atom. The predicted molar refractivity (Wildman–Crippen MR) is 39.8 cm³/mol. The van der Waals surface area contributed by atoms with E-state index in [1.807, 2.05) is 0 Å². The third kappa shape index (κ3) is 2.28. The van der Waals surface area contributed by atoms with E-state index in [1.54, 1.807) is 22.6 Å². The lowest BCUT2D eigenvalue weighted by molar-refractivity contribution is -0.145. The third-order valence-corrected chi connectivity index (χ3v) is 1.48. The van der Waals surface area contributed by atoms with Crippen molar-refractivity contribution in [1.29, 1.82) is 0 Å². The summed E-state index contributed by atoms with van der Waals surface area (Å²) in [6.45, 7) is 0. The van der Waals surface area contributed by atoms with Crippen molar-refractivity contribution in [3.63, 3.8) is 0 Å². The van der Waals surface area contributed by atoms with Crippen LogP contribution in [0.3, 0.4) is 0 Å². The van der Waals surface area contributed by atoms with E-state index in [9.17, 15) is 13.2 Å². The third-order valence-electron chi connectivity index (χ3n) is 0.875. The number of rotatable bonds is 0. The SMILES string of the molecule is FC(F)(F)c1nccc(I)n1. The molecule has 1 heterocycles. The van der Waals surface area contributed by atoms with E-state index >= 15 is 0 Å². The molecule has 0 saturated heterocycles. The van der Waals surface area contributed by atoms with Gasteiger partial charge >= 0.3 is 6.18 Å². The summed E-state index contributed by atoms with van der Waals surface area (Å²) in [6.07, 6.45) is -3.36. The van der Waals surface area contributed by atoms with Gasteiger partial charge in [-0.1, -0.05) is 0 Å².